The zero-order valence-electron chi connectivity index (χ0n) is 20.1. The van der Waals surface area contributed by atoms with Gasteiger partial charge in [-0.1, -0.05) is 92.5 Å². The van der Waals surface area contributed by atoms with Gasteiger partial charge in [-0.05, 0) is 17.2 Å². The zero-order valence-corrected chi connectivity index (χ0v) is 21.1. The molecule has 0 atom stereocenters. The molecule has 1 N–H and O–H groups in total. The maximum Gasteiger partial charge on any atom is 0.290 e. The lowest BCUT2D eigenvalue weighted by Crippen LogP contribution is -2.32. The van der Waals surface area contributed by atoms with E-state index in [9.17, 15) is 4.79 Å². The van der Waals surface area contributed by atoms with Gasteiger partial charge in [0.25, 0.3) is 5.91 Å². The minimum atomic E-state index is -1.19. The number of carbonyl (C=O) groups excluding carboxylic acids is 1. The second kappa shape index (κ2) is 8.98. The largest absolute Gasteiger partial charge is 0.360 e. The molecule has 7 heteroatoms. The Kier molecular flexibility index (Phi) is 6.01. The predicted octanol–water partition coefficient (Wildman–Crippen LogP) is 4.67. The SMILES string of the molecule is C[Si](C)(C)CCOCn1nc(C(=O)N2CN2)c2c1CC(c1ccccc1)(c1ccccc1)C=C2. The molecule has 1 amide bonds. The van der Waals surface area contributed by atoms with Crippen LogP contribution in [0.3, 0.4) is 0 Å². The number of rotatable bonds is 8. The van der Waals surface area contributed by atoms with E-state index in [2.05, 4.69) is 85.7 Å². The fraction of sp³-hybridized carbons (Fsp3) is 0.333. The molecule has 1 aliphatic carbocycles. The lowest BCUT2D eigenvalue weighted by molar-refractivity contribution is 0.0746. The number of hydrogen-bond acceptors (Lipinski definition) is 4. The van der Waals surface area contributed by atoms with Crippen LogP contribution in [0.15, 0.2) is 66.7 Å². The first-order chi connectivity index (χ1) is 16.4. The second-order valence-electron chi connectivity index (χ2n) is 10.3. The Balaban J connectivity index is 1.54. The lowest BCUT2D eigenvalue weighted by Gasteiger charge is -2.35. The fourth-order valence-electron chi connectivity index (χ4n) is 4.56. The molecule has 1 aliphatic heterocycles. The molecule has 1 aromatic heterocycles. The van der Waals surface area contributed by atoms with Gasteiger partial charge in [0.15, 0.2) is 5.69 Å². The quantitative estimate of drug-likeness (QED) is 0.294. The van der Waals surface area contributed by atoms with E-state index >= 15 is 0 Å². The highest BCUT2D eigenvalue weighted by Gasteiger charge is 2.39. The fourth-order valence-corrected chi connectivity index (χ4v) is 5.31. The molecule has 0 bridgehead atoms. The minimum Gasteiger partial charge on any atom is -0.360 e. The first-order valence-electron chi connectivity index (χ1n) is 11.9. The third kappa shape index (κ3) is 4.51. The van der Waals surface area contributed by atoms with E-state index in [1.165, 1.54) is 11.1 Å². The number of aromatic nitrogens is 2. The zero-order chi connectivity index (χ0) is 23.8. The first-order valence-corrected chi connectivity index (χ1v) is 15.6. The van der Waals surface area contributed by atoms with Crippen molar-refractivity contribution in [2.24, 2.45) is 0 Å². The maximum atomic E-state index is 13.0. The van der Waals surface area contributed by atoms with Crippen molar-refractivity contribution in [2.75, 3.05) is 13.3 Å². The maximum absolute atomic E-state index is 13.0. The summed E-state index contributed by atoms with van der Waals surface area (Å²) in [5.41, 5.74) is 7.48. The van der Waals surface area contributed by atoms with Gasteiger partial charge >= 0.3 is 0 Å². The predicted molar refractivity (Wildman–Crippen MR) is 137 cm³/mol. The van der Waals surface area contributed by atoms with Crippen molar-refractivity contribution in [1.82, 2.24) is 20.2 Å². The Morgan fingerprint density at radius 2 is 1.68 bits per heavy atom. The lowest BCUT2D eigenvalue weighted by atomic mass is 9.68. The molecule has 34 heavy (non-hydrogen) atoms. The van der Waals surface area contributed by atoms with Crippen LogP contribution >= 0.6 is 0 Å². The Labute approximate surface area is 202 Å². The van der Waals surface area contributed by atoms with E-state index in [0.29, 0.717) is 32.1 Å². The number of ether oxygens (including phenoxy) is 1. The van der Waals surface area contributed by atoms with Gasteiger partial charge in [0, 0.05) is 32.1 Å². The van der Waals surface area contributed by atoms with Gasteiger partial charge in [0.05, 0.1) is 5.69 Å². The van der Waals surface area contributed by atoms with Crippen molar-refractivity contribution < 1.29 is 9.53 Å². The van der Waals surface area contributed by atoms with Gasteiger partial charge in [0.1, 0.15) is 13.4 Å². The van der Waals surface area contributed by atoms with Crippen LogP contribution in [-0.4, -0.2) is 42.0 Å². The third-order valence-electron chi connectivity index (χ3n) is 6.63. The molecule has 0 saturated carbocycles. The van der Waals surface area contributed by atoms with Crippen LogP contribution in [0.5, 0.6) is 0 Å². The van der Waals surface area contributed by atoms with Gasteiger partial charge < -0.3 is 4.74 Å². The number of allylic oxidation sites excluding steroid dienone is 1. The average Bonchev–Trinajstić information content (AvgIpc) is 3.64. The summed E-state index contributed by atoms with van der Waals surface area (Å²) in [5, 5.41) is 6.35. The van der Waals surface area contributed by atoms with E-state index in [1.807, 2.05) is 16.8 Å². The van der Waals surface area contributed by atoms with E-state index in [0.717, 1.165) is 17.3 Å². The molecule has 1 fully saturated rings. The summed E-state index contributed by atoms with van der Waals surface area (Å²) in [4.78, 5) is 13.0. The Hall–Kier alpha value is -3.00. The first kappa shape index (κ1) is 22.8. The van der Waals surface area contributed by atoms with E-state index in [4.69, 9.17) is 9.84 Å². The summed E-state index contributed by atoms with van der Waals surface area (Å²) in [6.07, 6.45) is 5.03. The molecular weight excluding hydrogens is 440 g/mol. The highest BCUT2D eigenvalue weighted by Crippen LogP contribution is 2.42. The number of nitrogens with zero attached hydrogens (tertiary/aromatic N) is 3. The van der Waals surface area contributed by atoms with Crippen LogP contribution in [0.1, 0.15) is 32.9 Å². The van der Waals surface area contributed by atoms with Crippen molar-refractivity contribution in [2.45, 2.75) is 44.3 Å². The monoisotopic (exact) mass is 472 g/mol. The Morgan fingerprint density at radius 3 is 2.24 bits per heavy atom. The Morgan fingerprint density at radius 1 is 1.06 bits per heavy atom. The summed E-state index contributed by atoms with van der Waals surface area (Å²) in [6, 6.07) is 22.2. The molecule has 0 radical (unpaired) electrons. The number of carbonyl (C=O) groups is 1. The summed E-state index contributed by atoms with van der Waals surface area (Å²) >= 11 is 0. The normalized spacial score (nSPS) is 16.4. The van der Waals surface area contributed by atoms with Gasteiger partial charge in [-0.3, -0.25) is 9.80 Å². The topological polar surface area (TPSA) is 69.1 Å². The standard InChI is InChI=1S/C27H32N4O2Si/c1-34(2,3)17-16-33-20-31-24-18-27(21-10-6-4-7-11-21,22-12-8-5-9-13-22)15-14-23(24)25(29-31)26(32)30-19-28-30/h4-15,28H,16-20H2,1-3H3. The van der Waals surface area contributed by atoms with Crippen LogP contribution in [0.2, 0.25) is 25.7 Å². The highest BCUT2D eigenvalue weighted by atomic mass is 28.3. The highest BCUT2D eigenvalue weighted by molar-refractivity contribution is 6.76. The molecule has 176 valence electrons. The minimum absolute atomic E-state index is 0.0892. The molecule has 0 unspecified atom stereocenters. The molecule has 2 aliphatic rings. The summed E-state index contributed by atoms with van der Waals surface area (Å²) < 4.78 is 7.98. The van der Waals surface area contributed by atoms with Crippen molar-refractivity contribution in [3.63, 3.8) is 0 Å². The molecule has 5 rings (SSSR count). The number of amides is 1. The second-order valence-corrected chi connectivity index (χ2v) is 15.9. The molecular formula is C27H32N4O2Si. The average molecular weight is 473 g/mol. The number of benzene rings is 2. The number of nitrogens with one attached hydrogen (secondary N) is 1. The smallest absolute Gasteiger partial charge is 0.290 e. The molecule has 0 spiro atoms. The van der Waals surface area contributed by atoms with Crippen LogP contribution < -0.4 is 5.43 Å². The van der Waals surface area contributed by atoms with Gasteiger partial charge in [-0.25, -0.2) is 10.1 Å². The van der Waals surface area contributed by atoms with Crippen LogP contribution in [0.25, 0.3) is 6.08 Å². The van der Waals surface area contributed by atoms with Crippen LogP contribution in [0.4, 0.5) is 0 Å². The van der Waals surface area contributed by atoms with Gasteiger partial charge in [-0.2, -0.15) is 5.10 Å². The molecule has 6 nitrogen and oxygen atoms in total. The van der Waals surface area contributed by atoms with Gasteiger partial charge in [0.2, 0.25) is 0 Å². The summed E-state index contributed by atoms with van der Waals surface area (Å²) in [5.74, 6) is -0.0892. The molecule has 3 aromatic rings. The molecule has 1 saturated heterocycles. The molecule has 2 heterocycles. The van der Waals surface area contributed by atoms with E-state index in [-0.39, 0.29) is 11.3 Å². The number of fused-ring (bicyclic) bond motifs is 1. The number of hydrazine groups is 1. The van der Waals surface area contributed by atoms with Crippen molar-refractivity contribution >= 4 is 20.1 Å². The van der Waals surface area contributed by atoms with Crippen molar-refractivity contribution in [3.05, 3.63) is 94.8 Å². The van der Waals surface area contributed by atoms with Gasteiger partial charge in [-0.15, -0.1) is 0 Å². The number of hydrogen-bond donors (Lipinski definition) is 1. The van der Waals surface area contributed by atoms with E-state index < -0.39 is 8.07 Å². The Bertz CT molecular complexity index is 1160. The van der Waals surface area contributed by atoms with Crippen molar-refractivity contribution in [1.29, 1.82) is 0 Å². The summed E-state index contributed by atoms with van der Waals surface area (Å²) in [7, 11) is -1.19. The van der Waals surface area contributed by atoms with Crippen LogP contribution in [0, 0.1) is 0 Å². The van der Waals surface area contributed by atoms with Crippen LogP contribution in [-0.2, 0) is 23.3 Å². The molecule has 2 aromatic carbocycles. The summed E-state index contributed by atoms with van der Waals surface area (Å²) in [6.45, 7) is 8.66. The third-order valence-corrected chi connectivity index (χ3v) is 8.33. The van der Waals surface area contributed by atoms with Crippen molar-refractivity contribution in [3.8, 4) is 0 Å². The van der Waals surface area contributed by atoms with E-state index in [1.54, 1.807) is 5.01 Å².